The van der Waals surface area contributed by atoms with Crippen LogP contribution in [0.2, 0.25) is 0 Å². The van der Waals surface area contributed by atoms with Crippen LogP contribution in [0.5, 0.6) is 0 Å². The van der Waals surface area contributed by atoms with Crippen molar-refractivity contribution in [2.75, 3.05) is 7.11 Å². The molecule has 0 spiro atoms. The molecule has 146 valence electrons. The number of rotatable bonds is 7. The highest BCUT2D eigenvalue weighted by Crippen LogP contribution is 2.09. The number of nitrogens with zero attached hydrogens (tertiary/aromatic N) is 3. The Morgan fingerprint density at radius 1 is 1.22 bits per heavy atom. The molecule has 0 fully saturated rings. The lowest BCUT2D eigenvalue weighted by Crippen LogP contribution is -2.45. The van der Waals surface area contributed by atoms with Gasteiger partial charge in [0.25, 0.3) is 0 Å². The first-order valence-corrected chi connectivity index (χ1v) is 8.75. The van der Waals surface area contributed by atoms with Gasteiger partial charge in [0.15, 0.2) is 0 Å². The number of carbonyl (C=O) groups is 2. The number of carbonyl (C=O) groups excluding carboxylic acids is 2. The summed E-state index contributed by atoms with van der Waals surface area (Å²) in [6, 6.07) is 4.92. The van der Waals surface area contributed by atoms with Gasteiger partial charge in [-0.1, -0.05) is 6.07 Å². The minimum absolute atomic E-state index is 0.211. The number of amides is 1. The maximum Gasteiger partial charge on any atom is 0.408 e. The number of ether oxygens (including phenoxy) is 2. The summed E-state index contributed by atoms with van der Waals surface area (Å²) in [6.07, 6.45) is 5.61. The number of esters is 1. The van der Waals surface area contributed by atoms with Crippen LogP contribution in [0.4, 0.5) is 4.79 Å². The first kappa shape index (κ1) is 20.4. The predicted octanol–water partition coefficient (Wildman–Crippen LogP) is 2.13. The SMILES string of the molecule is COC(=O)C(Cc1cn(CCc2ccccn2)cn1)NC(=O)OC(C)(C)C. The van der Waals surface area contributed by atoms with Gasteiger partial charge in [-0.25, -0.2) is 14.6 Å². The summed E-state index contributed by atoms with van der Waals surface area (Å²) in [6.45, 7) is 5.97. The number of nitrogens with one attached hydrogen (secondary N) is 1. The monoisotopic (exact) mass is 374 g/mol. The smallest absolute Gasteiger partial charge is 0.408 e. The van der Waals surface area contributed by atoms with Gasteiger partial charge in [-0.05, 0) is 32.9 Å². The largest absolute Gasteiger partial charge is 0.467 e. The van der Waals surface area contributed by atoms with Crippen molar-refractivity contribution in [1.29, 1.82) is 0 Å². The van der Waals surface area contributed by atoms with Crippen LogP contribution in [-0.4, -0.2) is 45.4 Å². The van der Waals surface area contributed by atoms with Crippen molar-refractivity contribution >= 4 is 12.1 Å². The molecule has 2 aromatic heterocycles. The van der Waals surface area contributed by atoms with Gasteiger partial charge in [0.1, 0.15) is 11.6 Å². The number of alkyl carbamates (subject to hydrolysis) is 1. The normalized spacial score (nSPS) is 12.3. The molecule has 2 heterocycles. The molecule has 1 N–H and O–H groups in total. The Morgan fingerprint density at radius 3 is 2.63 bits per heavy atom. The molecule has 2 aromatic rings. The first-order chi connectivity index (χ1) is 12.8. The quantitative estimate of drug-likeness (QED) is 0.746. The average Bonchev–Trinajstić information content (AvgIpc) is 3.05. The van der Waals surface area contributed by atoms with E-state index in [0.717, 1.165) is 12.1 Å². The second-order valence-corrected chi connectivity index (χ2v) is 7.10. The Hall–Kier alpha value is -2.90. The highest BCUT2D eigenvalue weighted by molar-refractivity contribution is 5.81. The number of hydrogen-bond acceptors (Lipinski definition) is 6. The van der Waals surface area contributed by atoms with Crippen molar-refractivity contribution in [2.45, 2.75) is 51.8 Å². The van der Waals surface area contributed by atoms with Crippen LogP contribution >= 0.6 is 0 Å². The van der Waals surface area contributed by atoms with E-state index in [4.69, 9.17) is 9.47 Å². The molecular weight excluding hydrogens is 348 g/mol. The van der Waals surface area contributed by atoms with Crippen molar-refractivity contribution in [1.82, 2.24) is 19.9 Å². The molecule has 1 amide bonds. The number of imidazole rings is 1. The average molecular weight is 374 g/mol. The summed E-state index contributed by atoms with van der Waals surface area (Å²) in [7, 11) is 1.28. The van der Waals surface area contributed by atoms with Crippen molar-refractivity contribution in [3.63, 3.8) is 0 Å². The Bertz CT molecular complexity index is 753. The van der Waals surface area contributed by atoms with Gasteiger partial charge >= 0.3 is 12.1 Å². The summed E-state index contributed by atoms with van der Waals surface area (Å²) >= 11 is 0. The molecule has 0 aliphatic heterocycles. The maximum atomic E-state index is 12.0. The van der Waals surface area contributed by atoms with Gasteiger partial charge in [0.2, 0.25) is 0 Å². The molecule has 8 heteroatoms. The van der Waals surface area contributed by atoms with Crippen LogP contribution in [0.25, 0.3) is 0 Å². The van der Waals surface area contributed by atoms with E-state index in [1.807, 2.05) is 29.0 Å². The summed E-state index contributed by atoms with van der Waals surface area (Å²) < 4.78 is 11.9. The van der Waals surface area contributed by atoms with E-state index in [2.05, 4.69) is 15.3 Å². The number of methoxy groups -OCH3 is 1. The van der Waals surface area contributed by atoms with Crippen LogP contribution < -0.4 is 5.32 Å². The molecule has 0 aliphatic carbocycles. The molecule has 0 bridgehead atoms. The van der Waals surface area contributed by atoms with Crippen molar-refractivity contribution in [3.05, 3.63) is 48.3 Å². The highest BCUT2D eigenvalue weighted by atomic mass is 16.6. The molecule has 8 nitrogen and oxygen atoms in total. The zero-order valence-corrected chi connectivity index (χ0v) is 16.1. The fourth-order valence-corrected chi connectivity index (χ4v) is 2.42. The van der Waals surface area contributed by atoms with Gasteiger partial charge in [-0.2, -0.15) is 0 Å². The maximum absolute atomic E-state index is 12.0. The van der Waals surface area contributed by atoms with E-state index in [1.165, 1.54) is 7.11 Å². The number of aromatic nitrogens is 3. The summed E-state index contributed by atoms with van der Waals surface area (Å²) in [5.74, 6) is -0.552. The minimum Gasteiger partial charge on any atom is -0.467 e. The van der Waals surface area contributed by atoms with Crippen LogP contribution in [-0.2, 0) is 33.7 Å². The third-order valence-electron chi connectivity index (χ3n) is 3.63. The van der Waals surface area contributed by atoms with Crippen LogP contribution in [0.3, 0.4) is 0 Å². The zero-order valence-electron chi connectivity index (χ0n) is 16.1. The van der Waals surface area contributed by atoms with E-state index < -0.39 is 23.7 Å². The molecule has 2 rings (SSSR count). The van der Waals surface area contributed by atoms with Crippen LogP contribution in [0, 0.1) is 0 Å². The standard InChI is InChI=1S/C19H26N4O4/c1-19(2,3)27-18(25)22-16(17(24)26-4)11-15-12-23(13-21-15)10-8-14-7-5-6-9-20-14/h5-7,9,12-13,16H,8,10-11H2,1-4H3,(H,22,25). The molecule has 1 unspecified atom stereocenters. The summed E-state index contributed by atoms with van der Waals surface area (Å²) in [4.78, 5) is 32.6. The molecule has 0 aliphatic rings. The fraction of sp³-hybridized carbons (Fsp3) is 0.474. The lowest BCUT2D eigenvalue weighted by molar-refractivity contribution is -0.143. The molecule has 0 saturated heterocycles. The Balaban J connectivity index is 1.95. The van der Waals surface area contributed by atoms with Crippen molar-refractivity contribution in [3.8, 4) is 0 Å². The van der Waals surface area contributed by atoms with E-state index in [0.29, 0.717) is 12.2 Å². The lowest BCUT2D eigenvalue weighted by Gasteiger charge is -2.22. The number of aryl methyl sites for hydroxylation is 2. The Kier molecular flexibility index (Phi) is 6.92. The zero-order chi connectivity index (χ0) is 19.9. The van der Waals surface area contributed by atoms with Crippen LogP contribution in [0.15, 0.2) is 36.9 Å². The highest BCUT2D eigenvalue weighted by Gasteiger charge is 2.26. The van der Waals surface area contributed by atoms with Gasteiger partial charge < -0.3 is 19.4 Å². The third-order valence-corrected chi connectivity index (χ3v) is 3.63. The first-order valence-electron chi connectivity index (χ1n) is 8.75. The van der Waals surface area contributed by atoms with E-state index >= 15 is 0 Å². The predicted molar refractivity (Wildman–Crippen MR) is 99.0 cm³/mol. The van der Waals surface area contributed by atoms with Gasteiger partial charge in [-0.3, -0.25) is 4.98 Å². The summed E-state index contributed by atoms with van der Waals surface area (Å²) in [5, 5.41) is 2.54. The van der Waals surface area contributed by atoms with Gasteiger partial charge in [-0.15, -0.1) is 0 Å². The van der Waals surface area contributed by atoms with E-state index in [-0.39, 0.29) is 6.42 Å². The topological polar surface area (TPSA) is 95.3 Å². The summed E-state index contributed by atoms with van der Waals surface area (Å²) in [5.41, 5.74) is 1.01. The second-order valence-electron chi connectivity index (χ2n) is 7.10. The molecule has 1 atom stereocenters. The Morgan fingerprint density at radius 2 is 2.00 bits per heavy atom. The minimum atomic E-state index is -0.871. The van der Waals surface area contributed by atoms with Gasteiger partial charge in [0, 0.05) is 37.5 Å². The third kappa shape index (κ3) is 7.08. The Labute approximate surface area is 158 Å². The van der Waals surface area contributed by atoms with E-state index in [9.17, 15) is 9.59 Å². The molecular formula is C19H26N4O4. The van der Waals surface area contributed by atoms with Crippen molar-refractivity contribution in [2.24, 2.45) is 0 Å². The van der Waals surface area contributed by atoms with Crippen LogP contribution in [0.1, 0.15) is 32.2 Å². The van der Waals surface area contributed by atoms with E-state index in [1.54, 1.807) is 33.3 Å². The molecule has 0 aromatic carbocycles. The number of pyridine rings is 1. The second kappa shape index (κ2) is 9.16. The van der Waals surface area contributed by atoms with Crippen molar-refractivity contribution < 1.29 is 19.1 Å². The van der Waals surface area contributed by atoms with Gasteiger partial charge in [0.05, 0.1) is 19.1 Å². The number of hydrogen-bond donors (Lipinski definition) is 1. The lowest BCUT2D eigenvalue weighted by atomic mass is 10.1. The molecule has 0 radical (unpaired) electrons. The molecule has 27 heavy (non-hydrogen) atoms. The molecule has 0 saturated carbocycles. The fourth-order valence-electron chi connectivity index (χ4n) is 2.42.